The molecule has 1 N–H and O–H groups in total. The third-order valence-electron chi connectivity index (χ3n) is 3.81. The number of hydrogen-bond donors (Lipinski definition) is 1. The van der Waals surface area contributed by atoms with Gasteiger partial charge in [-0.15, -0.1) is 36.2 Å². The number of nitrogens with zero attached hydrogens (tertiary/aromatic N) is 2. The standard InChI is InChI=1S/C15H16ClN3O2S.2ClH/c16-13-4-3-11(19(20)21)10-12(13)15(14-2-1-9-22-14)18-7-5-17-6-8-18;;/h1-4,9-10,15,17H,5-8H2;2*1H/t15-;;/m0../s1. The van der Waals surface area contributed by atoms with Crippen LogP contribution in [0, 0.1) is 10.1 Å². The van der Waals surface area contributed by atoms with Gasteiger partial charge in [-0.1, -0.05) is 17.7 Å². The number of nitro groups is 1. The van der Waals surface area contributed by atoms with E-state index in [1.54, 1.807) is 23.5 Å². The molecule has 9 heteroatoms. The molecule has 1 atom stereocenters. The Morgan fingerprint density at radius 3 is 2.54 bits per heavy atom. The molecule has 1 aromatic heterocycles. The second-order valence-electron chi connectivity index (χ2n) is 5.17. The predicted octanol–water partition coefficient (Wildman–Crippen LogP) is 4.15. The molecule has 0 saturated carbocycles. The van der Waals surface area contributed by atoms with E-state index in [2.05, 4.69) is 16.3 Å². The summed E-state index contributed by atoms with van der Waals surface area (Å²) in [5.74, 6) is 0. The van der Waals surface area contributed by atoms with E-state index in [1.165, 1.54) is 6.07 Å². The lowest BCUT2D eigenvalue weighted by Crippen LogP contribution is -2.45. The van der Waals surface area contributed by atoms with Gasteiger partial charge in [0.15, 0.2) is 0 Å². The Morgan fingerprint density at radius 1 is 1.25 bits per heavy atom. The van der Waals surface area contributed by atoms with E-state index in [-0.39, 0.29) is 41.5 Å². The second kappa shape index (κ2) is 9.56. The van der Waals surface area contributed by atoms with Crippen LogP contribution >= 0.6 is 47.8 Å². The van der Waals surface area contributed by atoms with Crippen molar-refractivity contribution >= 4 is 53.4 Å². The average Bonchev–Trinajstić information content (AvgIpc) is 3.04. The van der Waals surface area contributed by atoms with E-state index in [0.717, 1.165) is 36.6 Å². The number of hydrogen-bond acceptors (Lipinski definition) is 5. The Kier molecular flexibility index (Phi) is 8.42. The molecule has 0 unspecified atom stereocenters. The molecular weight excluding hydrogens is 393 g/mol. The molecule has 1 aliphatic rings. The zero-order valence-electron chi connectivity index (χ0n) is 12.7. The molecule has 0 bridgehead atoms. The van der Waals surface area contributed by atoms with Crippen LogP contribution in [0.5, 0.6) is 0 Å². The fraction of sp³-hybridized carbons (Fsp3) is 0.333. The third kappa shape index (κ3) is 4.59. The number of halogens is 3. The Labute approximate surface area is 162 Å². The maximum Gasteiger partial charge on any atom is 0.269 e. The van der Waals surface area contributed by atoms with Crippen molar-refractivity contribution in [3.8, 4) is 0 Å². The Bertz CT molecular complexity index is 664. The molecule has 1 fully saturated rings. The summed E-state index contributed by atoms with van der Waals surface area (Å²) in [6, 6.07) is 8.71. The third-order valence-corrected chi connectivity index (χ3v) is 5.08. The Hall–Kier alpha value is -0.890. The van der Waals surface area contributed by atoms with Crippen LogP contribution in [-0.2, 0) is 0 Å². The van der Waals surface area contributed by atoms with Crippen LogP contribution in [0.25, 0.3) is 0 Å². The number of non-ortho nitro benzene ring substituents is 1. The first-order valence-corrected chi connectivity index (χ1v) is 8.34. The van der Waals surface area contributed by atoms with Gasteiger partial charge in [0.05, 0.1) is 11.0 Å². The van der Waals surface area contributed by atoms with E-state index in [0.29, 0.717) is 5.02 Å². The van der Waals surface area contributed by atoms with Gasteiger partial charge in [0, 0.05) is 48.2 Å². The molecule has 0 radical (unpaired) electrons. The maximum atomic E-state index is 11.1. The Balaban J connectivity index is 0.00000144. The molecule has 0 amide bonds. The summed E-state index contributed by atoms with van der Waals surface area (Å²) in [5, 5.41) is 17.0. The summed E-state index contributed by atoms with van der Waals surface area (Å²) in [5.41, 5.74) is 0.885. The van der Waals surface area contributed by atoms with E-state index in [1.807, 2.05) is 11.4 Å². The molecule has 2 aromatic rings. The number of rotatable bonds is 4. The average molecular weight is 411 g/mol. The first-order valence-electron chi connectivity index (χ1n) is 7.09. The van der Waals surface area contributed by atoms with Crippen molar-refractivity contribution in [2.24, 2.45) is 0 Å². The first kappa shape index (κ1) is 21.2. The molecular formula is C15H18Cl3N3O2S. The number of benzene rings is 1. The summed E-state index contributed by atoms with van der Waals surface area (Å²) in [6.07, 6.45) is 0. The Morgan fingerprint density at radius 2 is 1.96 bits per heavy atom. The van der Waals surface area contributed by atoms with Gasteiger partial charge in [-0.25, -0.2) is 0 Å². The van der Waals surface area contributed by atoms with Crippen LogP contribution in [0.1, 0.15) is 16.5 Å². The van der Waals surface area contributed by atoms with E-state index < -0.39 is 0 Å². The van der Waals surface area contributed by atoms with Crippen molar-refractivity contribution in [3.63, 3.8) is 0 Å². The normalized spacial score (nSPS) is 15.9. The van der Waals surface area contributed by atoms with Crippen LogP contribution in [0.4, 0.5) is 5.69 Å². The van der Waals surface area contributed by atoms with E-state index in [4.69, 9.17) is 11.6 Å². The van der Waals surface area contributed by atoms with Crippen LogP contribution in [0.15, 0.2) is 35.7 Å². The van der Waals surface area contributed by atoms with Crippen LogP contribution in [0.2, 0.25) is 5.02 Å². The lowest BCUT2D eigenvalue weighted by Gasteiger charge is -2.35. The first-order chi connectivity index (χ1) is 10.7. The lowest BCUT2D eigenvalue weighted by atomic mass is 10.0. The van der Waals surface area contributed by atoms with E-state index in [9.17, 15) is 10.1 Å². The number of thiophene rings is 1. The van der Waals surface area contributed by atoms with Gasteiger partial charge in [-0.3, -0.25) is 15.0 Å². The van der Waals surface area contributed by atoms with Crippen molar-refractivity contribution < 1.29 is 4.92 Å². The smallest absolute Gasteiger partial charge is 0.269 e. The van der Waals surface area contributed by atoms with Crippen molar-refractivity contribution in [1.82, 2.24) is 10.2 Å². The van der Waals surface area contributed by atoms with Gasteiger partial charge in [-0.2, -0.15) is 0 Å². The SMILES string of the molecule is Cl.Cl.O=[N+]([O-])c1ccc(Cl)c([C@@H](c2cccs2)N2CCNCC2)c1. The number of nitro benzene ring substituents is 1. The zero-order chi connectivity index (χ0) is 15.5. The highest BCUT2D eigenvalue weighted by atomic mass is 35.5. The predicted molar refractivity (Wildman–Crippen MR) is 103 cm³/mol. The topological polar surface area (TPSA) is 58.4 Å². The van der Waals surface area contributed by atoms with Crippen LogP contribution in [-0.4, -0.2) is 36.0 Å². The van der Waals surface area contributed by atoms with Gasteiger partial charge >= 0.3 is 0 Å². The van der Waals surface area contributed by atoms with Crippen molar-refractivity contribution in [1.29, 1.82) is 0 Å². The van der Waals surface area contributed by atoms with Gasteiger partial charge < -0.3 is 5.32 Å². The fourth-order valence-corrected chi connectivity index (χ4v) is 3.87. The summed E-state index contributed by atoms with van der Waals surface area (Å²) in [6.45, 7) is 3.60. The zero-order valence-corrected chi connectivity index (χ0v) is 15.9. The summed E-state index contributed by atoms with van der Waals surface area (Å²) in [7, 11) is 0. The molecule has 5 nitrogen and oxygen atoms in total. The molecule has 2 heterocycles. The van der Waals surface area contributed by atoms with Gasteiger partial charge in [0.1, 0.15) is 0 Å². The minimum atomic E-state index is -0.372. The maximum absolute atomic E-state index is 11.1. The van der Waals surface area contributed by atoms with Gasteiger partial charge in [0.25, 0.3) is 5.69 Å². The minimum absolute atomic E-state index is 0. The van der Waals surface area contributed by atoms with Crippen molar-refractivity contribution in [2.75, 3.05) is 26.2 Å². The molecule has 1 aromatic carbocycles. The number of nitrogens with one attached hydrogen (secondary N) is 1. The quantitative estimate of drug-likeness (QED) is 0.608. The molecule has 0 spiro atoms. The summed E-state index contributed by atoms with van der Waals surface area (Å²) in [4.78, 5) is 14.2. The molecule has 1 aliphatic heterocycles. The highest BCUT2D eigenvalue weighted by Crippen LogP contribution is 2.37. The summed E-state index contributed by atoms with van der Waals surface area (Å²) < 4.78 is 0. The van der Waals surface area contributed by atoms with Crippen molar-refractivity contribution in [3.05, 3.63) is 61.3 Å². The minimum Gasteiger partial charge on any atom is -0.314 e. The largest absolute Gasteiger partial charge is 0.314 e. The highest BCUT2D eigenvalue weighted by molar-refractivity contribution is 7.10. The molecule has 132 valence electrons. The second-order valence-corrected chi connectivity index (χ2v) is 6.55. The van der Waals surface area contributed by atoms with Gasteiger partial charge in [-0.05, 0) is 23.1 Å². The number of piperazine rings is 1. The summed E-state index contributed by atoms with van der Waals surface area (Å²) >= 11 is 8.02. The van der Waals surface area contributed by atoms with Crippen molar-refractivity contribution in [2.45, 2.75) is 6.04 Å². The molecule has 3 rings (SSSR count). The molecule has 24 heavy (non-hydrogen) atoms. The lowest BCUT2D eigenvalue weighted by molar-refractivity contribution is -0.384. The van der Waals surface area contributed by atoms with Gasteiger partial charge in [0.2, 0.25) is 0 Å². The van der Waals surface area contributed by atoms with Crippen LogP contribution in [0.3, 0.4) is 0 Å². The van der Waals surface area contributed by atoms with E-state index >= 15 is 0 Å². The molecule has 0 aliphatic carbocycles. The van der Waals surface area contributed by atoms with Crippen LogP contribution < -0.4 is 5.32 Å². The molecule has 1 saturated heterocycles. The monoisotopic (exact) mass is 409 g/mol. The fourth-order valence-electron chi connectivity index (χ4n) is 2.77. The highest BCUT2D eigenvalue weighted by Gasteiger charge is 2.27.